The summed E-state index contributed by atoms with van der Waals surface area (Å²) in [6.07, 6.45) is 1.58. The van der Waals surface area contributed by atoms with Crippen LogP contribution in [-0.4, -0.2) is 35.3 Å². The third kappa shape index (κ3) is 5.94. The van der Waals surface area contributed by atoms with Crippen LogP contribution in [0, 0.1) is 6.92 Å². The third-order valence-electron chi connectivity index (χ3n) is 3.83. The zero-order chi connectivity index (χ0) is 20.6. The number of amides is 2. The van der Waals surface area contributed by atoms with E-state index in [1.165, 1.54) is 0 Å². The molecule has 2 amide bonds. The lowest BCUT2D eigenvalue weighted by atomic mass is 10.2. The second kappa shape index (κ2) is 9.56. The van der Waals surface area contributed by atoms with E-state index in [-0.39, 0.29) is 18.2 Å². The highest BCUT2D eigenvalue weighted by Crippen LogP contribution is 2.18. The summed E-state index contributed by atoms with van der Waals surface area (Å²) in [5.41, 5.74) is 4.95. The lowest BCUT2D eigenvalue weighted by Gasteiger charge is -2.02. The highest BCUT2D eigenvalue weighted by atomic mass is 32.1. The maximum absolute atomic E-state index is 12.2. The molecular formula is C20H19N5O3S. The van der Waals surface area contributed by atoms with Gasteiger partial charge in [0.2, 0.25) is 11.0 Å². The highest BCUT2D eigenvalue weighted by molar-refractivity contribution is 7.15. The quantitative estimate of drug-likeness (QED) is 0.461. The number of aryl methyl sites for hydroxylation is 1. The zero-order valence-electron chi connectivity index (χ0n) is 15.9. The first kappa shape index (κ1) is 20.2. The molecule has 0 aliphatic carbocycles. The van der Waals surface area contributed by atoms with Crippen molar-refractivity contribution in [3.05, 3.63) is 70.2 Å². The first-order valence-electron chi connectivity index (χ1n) is 8.70. The lowest BCUT2D eigenvalue weighted by molar-refractivity contribution is -0.120. The van der Waals surface area contributed by atoms with Crippen molar-refractivity contribution in [1.82, 2.24) is 15.6 Å². The van der Waals surface area contributed by atoms with Crippen LogP contribution >= 0.6 is 11.3 Å². The van der Waals surface area contributed by atoms with Crippen molar-refractivity contribution in [2.45, 2.75) is 13.3 Å². The molecule has 0 fully saturated rings. The van der Waals surface area contributed by atoms with Crippen LogP contribution in [0.2, 0.25) is 0 Å². The zero-order valence-corrected chi connectivity index (χ0v) is 16.7. The van der Waals surface area contributed by atoms with Crippen LogP contribution in [0.4, 0.5) is 5.13 Å². The maximum atomic E-state index is 12.2. The number of carbonyl (C=O) groups excluding carboxylic acids is 2. The van der Waals surface area contributed by atoms with Gasteiger partial charge in [-0.2, -0.15) is 5.10 Å². The molecule has 3 rings (SSSR count). The number of rotatable bonds is 7. The Morgan fingerprint density at radius 3 is 2.52 bits per heavy atom. The van der Waals surface area contributed by atoms with Gasteiger partial charge in [0.1, 0.15) is 10.8 Å². The molecule has 0 saturated carbocycles. The van der Waals surface area contributed by atoms with E-state index in [4.69, 9.17) is 4.74 Å². The summed E-state index contributed by atoms with van der Waals surface area (Å²) >= 11 is 1.13. The van der Waals surface area contributed by atoms with E-state index in [0.29, 0.717) is 21.5 Å². The molecule has 1 heterocycles. The van der Waals surface area contributed by atoms with Crippen LogP contribution in [0.25, 0.3) is 0 Å². The van der Waals surface area contributed by atoms with Crippen molar-refractivity contribution in [1.29, 1.82) is 0 Å². The Labute approximate surface area is 171 Å². The van der Waals surface area contributed by atoms with Gasteiger partial charge in [0.05, 0.1) is 19.7 Å². The summed E-state index contributed by atoms with van der Waals surface area (Å²) in [6.45, 7) is 2.00. The largest absolute Gasteiger partial charge is 0.497 e. The topological polar surface area (TPSA) is 106 Å². The van der Waals surface area contributed by atoms with Crippen molar-refractivity contribution in [3.63, 3.8) is 0 Å². The lowest BCUT2D eigenvalue weighted by Crippen LogP contribution is -2.19. The first-order chi connectivity index (χ1) is 14.0. The monoisotopic (exact) mass is 409 g/mol. The number of hydrogen-bond donors (Lipinski definition) is 2. The summed E-state index contributed by atoms with van der Waals surface area (Å²) in [5, 5.41) is 15.2. The molecule has 8 nitrogen and oxygen atoms in total. The van der Waals surface area contributed by atoms with Crippen molar-refractivity contribution < 1.29 is 14.3 Å². The van der Waals surface area contributed by atoms with Gasteiger partial charge in [-0.1, -0.05) is 41.2 Å². The molecule has 0 aliphatic rings. The number of nitrogens with zero attached hydrogens (tertiary/aromatic N) is 3. The highest BCUT2D eigenvalue weighted by Gasteiger charge is 2.12. The molecule has 9 heteroatoms. The summed E-state index contributed by atoms with van der Waals surface area (Å²) in [4.78, 5) is 24.2. The van der Waals surface area contributed by atoms with Crippen LogP contribution in [0.5, 0.6) is 5.75 Å². The van der Waals surface area contributed by atoms with Gasteiger partial charge in [0, 0.05) is 5.56 Å². The number of ether oxygens (including phenoxy) is 1. The second-order valence-electron chi connectivity index (χ2n) is 6.06. The molecule has 0 bridgehead atoms. The molecular weight excluding hydrogens is 390 g/mol. The van der Waals surface area contributed by atoms with E-state index < -0.39 is 0 Å². The summed E-state index contributed by atoms with van der Waals surface area (Å²) in [7, 11) is 1.56. The number of benzene rings is 2. The molecule has 0 radical (unpaired) electrons. The van der Waals surface area contributed by atoms with Crippen LogP contribution in [0.1, 0.15) is 26.5 Å². The van der Waals surface area contributed by atoms with E-state index in [1.807, 2.05) is 31.2 Å². The first-order valence-corrected chi connectivity index (χ1v) is 9.51. The fraction of sp³-hybridized carbons (Fsp3) is 0.150. The average Bonchev–Trinajstić information content (AvgIpc) is 3.16. The van der Waals surface area contributed by atoms with E-state index in [0.717, 1.165) is 22.5 Å². The van der Waals surface area contributed by atoms with Gasteiger partial charge in [-0.05, 0) is 36.8 Å². The van der Waals surface area contributed by atoms with E-state index in [1.54, 1.807) is 37.6 Å². The summed E-state index contributed by atoms with van der Waals surface area (Å²) < 4.78 is 5.07. The van der Waals surface area contributed by atoms with Gasteiger partial charge in [0.15, 0.2) is 0 Å². The molecule has 0 spiro atoms. The fourth-order valence-corrected chi connectivity index (χ4v) is 3.03. The minimum atomic E-state index is -0.322. The minimum absolute atomic E-state index is 0.0152. The Kier molecular flexibility index (Phi) is 6.64. The molecule has 0 unspecified atom stereocenters. The van der Waals surface area contributed by atoms with Gasteiger partial charge >= 0.3 is 0 Å². The molecule has 2 N–H and O–H groups in total. The predicted molar refractivity (Wildman–Crippen MR) is 111 cm³/mol. The van der Waals surface area contributed by atoms with Crippen LogP contribution in [0.15, 0.2) is 53.6 Å². The number of anilines is 1. The van der Waals surface area contributed by atoms with Gasteiger partial charge in [-0.25, -0.2) is 5.43 Å². The van der Waals surface area contributed by atoms with Gasteiger partial charge < -0.3 is 4.74 Å². The second-order valence-corrected chi connectivity index (χ2v) is 7.13. The fourth-order valence-electron chi connectivity index (χ4n) is 2.30. The molecule has 1 aromatic heterocycles. The van der Waals surface area contributed by atoms with Crippen molar-refractivity contribution in [3.8, 4) is 5.75 Å². The Hall–Kier alpha value is -3.59. The van der Waals surface area contributed by atoms with Crippen molar-refractivity contribution in [2.24, 2.45) is 5.10 Å². The Morgan fingerprint density at radius 1 is 1.10 bits per heavy atom. The third-order valence-corrected chi connectivity index (χ3v) is 4.67. The van der Waals surface area contributed by atoms with Crippen LogP contribution < -0.4 is 15.5 Å². The SMILES string of the molecule is COc1ccc(C(=O)Nc2nnc(CC(=O)NN=Cc3ccc(C)cc3)s2)cc1. The number of hydrogen-bond acceptors (Lipinski definition) is 7. The number of hydrazone groups is 1. The predicted octanol–water partition coefficient (Wildman–Crippen LogP) is 2.80. The Bertz CT molecular complexity index is 1010. The van der Waals surface area contributed by atoms with E-state index >= 15 is 0 Å². The number of carbonyl (C=O) groups is 2. The standard InChI is InChI=1S/C20H19N5O3S/c1-13-3-5-14(6-4-13)12-21-23-17(26)11-18-24-25-20(29-18)22-19(27)15-7-9-16(28-2)10-8-15/h3-10,12H,11H2,1-2H3,(H,23,26)(H,22,25,27). The van der Waals surface area contributed by atoms with E-state index in [9.17, 15) is 9.59 Å². The average molecular weight is 409 g/mol. The summed E-state index contributed by atoms with van der Waals surface area (Å²) in [6, 6.07) is 14.4. The van der Waals surface area contributed by atoms with Gasteiger partial charge in [0.25, 0.3) is 5.91 Å². The minimum Gasteiger partial charge on any atom is -0.497 e. The van der Waals surface area contributed by atoms with Crippen LogP contribution in [0.3, 0.4) is 0 Å². The number of methoxy groups -OCH3 is 1. The normalized spacial score (nSPS) is 10.7. The number of nitrogens with one attached hydrogen (secondary N) is 2. The van der Waals surface area contributed by atoms with E-state index in [2.05, 4.69) is 26.0 Å². The molecule has 0 aliphatic heterocycles. The Morgan fingerprint density at radius 2 is 1.83 bits per heavy atom. The molecule has 0 saturated heterocycles. The molecule has 0 atom stereocenters. The van der Waals surface area contributed by atoms with Crippen LogP contribution in [-0.2, 0) is 11.2 Å². The smallest absolute Gasteiger partial charge is 0.257 e. The molecule has 148 valence electrons. The Balaban J connectivity index is 1.50. The molecule has 2 aromatic carbocycles. The number of aromatic nitrogens is 2. The molecule has 3 aromatic rings. The van der Waals surface area contributed by atoms with Crippen molar-refractivity contribution >= 4 is 34.5 Å². The van der Waals surface area contributed by atoms with Gasteiger partial charge in [-0.3, -0.25) is 14.9 Å². The maximum Gasteiger partial charge on any atom is 0.257 e. The molecule has 29 heavy (non-hydrogen) atoms. The van der Waals surface area contributed by atoms with Gasteiger partial charge in [-0.15, -0.1) is 10.2 Å². The van der Waals surface area contributed by atoms with Crippen molar-refractivity contribution in [2.75, 3.05) is 12.4 Å². The summed E-state index contributed by atoms with van der Waals surface area (Å²) in [5.74, 6) is 0.0239.